The van der Waals surface area contributed by atoms with Crippen LogP contribution in [-0.4, -0.2) is 78.2 Å². The Morgan fingerprint density at radius 3 is 1.55 bits per heavy atom. The molecular weight excluding hydrogens is 762 g/mol. The Bertz CT molecular complexity index is 1960. The molecule has 0 aromatic heterocycles. The van der Waals surface area contributed by atoms with E-state index in [0.717, 1.165) is 28.6 Å². The highest BCUT2D eigenvalue weighted by molar-refractivity contribution is 7.90. The zero-order valence-electron chi connectivity index (χ0n) is 25.7. The second-order valence-electron chi connectivity index (χ2n) is 11.8. The van der Waals surface area contributed by atoms with Crippen molar-refractivity contribution in [2.45, 2.75) is 78.1 Å². The summed E-state index contributed by atoms with van der Waals surface area (Å²) in [5.41, 5.74) is -5.08. The number of nitrogens with zero attached hydrogens (tertiary/aromatic N) is 1. The summed E-state index contributed by atoms with van der Waals surface area (Å²) in [5.74, 6) is -1.58. The molecule has 0 saturated carbocycles. The van der Waals surface area contributed by atoms with Gasteiger partial charge in [0.25, 0.3) is 0 Å². The fourth-order valence-corrected chi connectivity index (χ4v) is 7.27. The van der Waals surface area contributed by atoms with Crippen LogP contribution < -0.4 is 15.6 Å². The van der Waals surface area contributed by atoms with E-state index < -0.39 is 85.4 Å². The smallest absolute Gasteiger partial charge is 0.307 e. The Labute approximate surface area is 278 Å². The first-order valence-electron chi connectivity index (χ1n) is 13.6. The number of hydrogen-bond acceptors (Lipinski definition) is 9. The van der Waals surface area contributed by atoms with E-state index in [-0.39, 0.29) is 42.4 Å². The minimum atomic E-state index is -5.84. The Balaban J connectivity index is 0.000000289. The average Bonchev–Trinajstić information content (AvgIpc) is 3.52. The molecule has 2 aromatic carbocycles. The maximum absolute atomic E-state index is 13.9. The van der Waals surface area contributed by atoms with Gasteiger partial charge in [0.05, 0.1) is 20.6 Å². The van der Waals surface area contributed by atoms with Crippen molar-refractivity contribution in [3.63, 3.8) is 0 Å². The normalized spacial score (nSPS) is 22.6. The first kappa shape index (κ1) is 42.7. The lowest BCUT2D eigenvalue weighted by Gasteiger charge is -2.31. The Hall–Kier alpha value is -2.45. The Morgan fingerprint density at radius 1 is 0.755 bits per heavy atom. The molecule has 2 aliphatic rings. The molecule has 4 rings (SSSR count). The second-order valence-corrected chi connectivity index (χ2v) is 19.0. The van der Waals surface area contributed by atoms with Gasteiger partial charge in [0.15, 0.2) is 0 Å². The summed E-state index contributed by atoms with van der Waals surface area (Å²) in [6.07, 6.45) is -2.40. The van der Waals surface area contributed by atoms with Crippen molar-refractivity contribution in [2.75, 3.05) is 13.1 Å². The third-order valence-electron chi connectivity index (χ3n) is 6.89. The van der Waals surface area contributed by atoms with E-state index in [0.29, 0.717) is 5.56 Å². The Kier molecular flexibility index (Phi) is 13.1. The molecule has 0 amide bonds. The van der Waals surface area contributed by atoms with E-state index in [1.807, 2.05) is 0 Å². The van der Waals surface area contributed by atoms with Crippen molar-refractivity contribution < 1.29 is 69.0 Å². The summed E-state index contributed by atoms with van der Waals surface area (Å²) in [5, 5.41) is 12.8. The van der Waals surface area contributed by atoms with Gasteiger partial charge in [-0.25, -0.2) is 53.1 Å². The number of primary sulfonamides is 2. The van der Waals surface area contributed by atoms with Crippen LogP contribution in [0, 0.1) is 11.6 Å². The van der Waals surface area contributed by atoms with Gasteiger partial charge in [0.1, 0.15) is 24.0 Å². The standard InChI is InChI=1S/C14H20F2N2O4S2.C10H12F2N2O2S.CHF3O3S/c1-14(2,3)24(21,22)18-8-11(16)7-13(18)9-4-10(15)6-12(5-9)23(17,19)20;11-7-1-6(10-4-8(12)5-14-10)2-9(3-7)17(13,15)16;2-1(3,4)8(5,6)7/h4-6,11,13H,7-8H2,1-3H3,(H2,17,19,20);1-3,8,10,14H,4-5H2,(H2,13,15,16);(H,5,6,7)/t11-,13+;8-,10+;/m00./s1. The van der Waals surface area contributed by atoms with Gasteiger partial charge in [-0.15, -0.1) is 0 Å². The fraction of sp³-hybridized carbons (Fsp3) is 0.520. The average molecular weight is 795 g/mol. The quantitative estimate of drug-likeness (QED) is 0.197. The molecule has 2 heterocycles. The molecule has 2 fully saturated rings. The minimum absolute atomic E-state index is 0.0620. The van der Waals surface area contributed by atoms with Gasteiger partial charge in [-0.2, -0.15) is 25.9 Å². The van der Waals surface area contributed by atoms with Crippen molar-refractivity contribution in [3.05, 3.63) is 59.2 Å². The lowest BCUT2D eigenvalue weighted by Crippen LogP contribution is -2.43. The minimum Gasteiger partial charge on any atom is -0.307 e. The molecule has 2 aromatic rings. The molecule has 24 heteroatoms. The molecule has 2 aliphatic heterocycles. The molecule has 0 aliphatic carbocycles. The maximum atomic E-state index is 13.9. The molecule has 2 saturated heterocycles. The van der Waals surface area contributed by atoms with Crippen LogP contribution >= 0.6 is 0 Å². The van der Waals surface area contributed by atoms with E-state index in [4.69, 9.17) is 23.2 Å². The number of halogens is 7. The molecule has 4 atom stereocenters. The first-order valence-corrected chi connectivity index (χ1v) is 19.5. The third-order valence-corrected chi connectivity index (χ3v) is 11.8. The zero-order valence-corrected chi connectivity index (χ0v) is 29.0. The van der Waals surface area contributed by atoms with Gasteiger partial charge >= 0.3 is 15.6 Å². The molecule has 0 unspecified atom stereocenters. The number of alkyl halides is 5. The van der Waals surface area contributed by atoms with Gasteiger partial charge in [0, 0.05) is 25.6 Å². The first-order chi connectivity index (χ1) is 21.8. The number of hydrogen-bond donors (Lipinski definition) is 4. The van der Waals surface area contributed by atoms with Gasteiger partial charge in [-0.05, 0) is 74.7 Å². The highest BCUT2D eigenvalue weighted by Gasteiger charge is 2.46. The summed E-state index contributed by atoms with van der Waals surface area (Å²) in [6.45, 7) is 4.27. The molecule has 13 nitrogen and oxygen atoms in total. The highest BCUT2D eigenvalue weighted by Crippen LogP contribution is 2.40. The van der Waals surface area contributed by atoms with E-state index in [9.17, 15) is 56.0 Å². The maximum Gasteiger partial charge on any atom is 0.522 e. The van der Waals surface area contributed by atoms with Crippen molar-refractivity contribution in [2.24, 2.45) is 10.3 Å². The number of rotatable bonds is 5. The van der Waals surface area contributed by atoms with Crippen LogP contribution in [-0.2, 0) is 40.2 Å². The Morgan fingerprint density at radius 2 is 1.18 bits per heavy atom. The summed E-state index contributed by atoms with van der Waals surface area (Å²) < 4.78 is 182. The number of sulfonamides is 3. The topological polar surface area (TPSA) is 224 Å². The molecule has 0 spiro atoms. The molecule has 280 valence electrons. The van der Waals surface area contributed by atoms with Crippen molar-refractivity contribution >= 4 is 40.2 Å². The number of nitrogens with two attached hydrogens (primary N) is 2. The number of benzene rings is 2. The van der Waals surface area contributed by atoms with Gasteiger partial charge in [0.2, 0.25) is 30.1 Å². The van der Waals surface area contributed by atoms with Crippen LogP contribution in [0.3, 0.4) is 0 Å². The monoisotopic (exact) mass is 794 g/mol. The van der Waals surface area contributed by atoms with Crippen LogP contribution in [0.15, 0.2) is 46.2 Å². The van der Waals surface area contributed by atoms with Gasteiger partial charge < -0.3 is 5.32 Å². The zero-order chi connectivity index (χ0) is 38.1. The van der Waals surface area contributed by atoms with E-state index in [1.54, 1.807) is 0 Å². The van der Waals surface area contributed by atoms with Gasteiger partial charge in [-0.1, -0.05) is 0 Å². The molecule has 6 N–H and O–H groups in total. The predicted molar refractivity (Wildman–Crippen MR) is 161 cm³/mol. The summed E-state index contributed by atoms with van der Waals surface area (Å²) in [6, 6.07) is 4.78. The highest BCUT2D eigenvalue weighted by atomic mass is 32.2. The second kappa shape index (κ2) is 15.0. The SMILES string of the molecule is CC(C)(C)S(=O)(=O)N1C[C@@H](F)C[C@@H]1c1cc(F)cc(S(N)(=O)=O)c1.NS(=O)(=O)c1cc(F)cc([C@H]2C[C@H](F)CN2)c1.O=S(=O)(O)C(F)(F)F. The van der Waals surface area contributed by atoms with Crippen molar-refractivity contribution in [1.29, 1.82) is 0 Å². The molecular formula is C25H33F7N4O9S4. The summed E-state index contributed by atoms with van der Waals surface area (Å²) in [7, 11) is -17.8. The third kappa shape index (κ3) is 11.5. The molecule has 49 heavy (non-hydrogen) atoms. The van der Waals surface area contributed by atoms with Crippen LogP contribution in [0.2, 0.25) is 0 Å². The number of nitrogens with one attached hydrogen (secondary N) is 1. The van der Waals surface area contributed by atoms with E-state index >= 15 is 0 Å². The lowest BCUT2D eigenvalue weighted by molar-refractivity contribution is -0.0510. The van der Waals surface area contributed by atoms with Crippen LogP contribution in [0.25, 0.3) is 0 Å². The van der Waals surface area contributed by atoms with Gasteiger partial charge in [-0.3, -0.25) is 4.55 Å². The fourth-order valence-electron chi connectivity index (χ4n) is 4.51. The predicted octanol–water partition coefficient (Wildman–Crippen LogP) is 2.93. The molecule has 0 bridgehead atoms. The van der Waals surface area contributed by atoms with Crippen LogP contribution in [0.1, 0.15) is 56.8 Å². The largest absolute Gasteiger partial charge is 0.522 e. The van der Waals surface area contributed by atoms with Crippen LogP contribution in [0.5, 0.6) is 0 Å². The van der Waals surface area contributed by atoms with E-state index in [2.05, 4.69) is 5.32 Å². The van der Waals surface area contributed by atoms with Crippen LogP contribution in [0.4, 0.5) is 30.7 Å². The van der Waals surface area contributed by atoms with Crippen molar-refractivity contribution in [3.8, 4) is 0 Å². The van der Waals surface area contributed by atoms with Crippen molar-refractivity contribution in [1.82, 2.24) is 9.62 Å². The van der Waals surface area contributed by atoms with E-state index in [1.165, 1.54) is 32.9 Å². The lowest BCUT2D eigenvalue weighted by atomic mass is 10.1. The molecule has 0 radical (unpaired) electrons. The summed E-state index contributed by atoms with van der Waals surface area (Å²) >= 11 is 0. The summed E-state index contributed by atoms with van der Waals surface area (Å²) in [4.78, 5) is -0.774.